The molecule has 0 fully saturated rings. The summed E-state index contributed by atoms with van der Waals surface area (Å²) >= 11 is 12.1. The van der Waals surface area contributed by atoms with Gasteiger partial charge in [-0.1, -0.05) is 23.2 Å². The molecule has 0 bridgehead atoms. The minimum Gasteiger partial charge on any atom is -0.357 e. The Balaban J connectivity index is 2.36. The van der Waals surface area contributed by atoms with E-state index < -0.39 is 0 Å². The lowest BCUT2D eigenvalue weighted by molar-refractivity contribution is 0.0983. The fourth-order valence-corrected chi connectivity index (χ4v) is 3.03. The highest BCUT2D eigenvalue weighted by atomic mass is 35.5. The van der Waals surface area contributed by atoms with Crippen LogP contribution in [0.2, 0.25) is 10.0 Å². The van der Waals surface area contributed by atoms with Crippen LogP contribution >= 0.6 is 23.2 Å². The fraction of sp³-hybridized carbons (Fsp3) is 0.308. The summed E-state index contributed by atoms with van der Waals surface area (Å²) in [4.78, 5) is 15.4. The van der Waals surface area contributed by atoms with E-state index in [0.717, 1.165) is 41.4 Å². The predicted molar refractivity (Wildman–Crippen MR) is 70.2 cm³/mol. The van der Waals surface area contributed by atoms with Gasteiger partial charge in [0.1, 0.15) is 0 Å². The van der Waals surface area contributed by atoms with Gasteiger partial charge < -0.3 is 4.98 Å². The first-order valence-electron chi connectivity index (χ1n) is 5.69. The Hall–Kier alpha value is -0.990. The van der Waals surface area contributed by atoms with Crippen molar-refractivity contribution in [2.24, 2.45) is 0 Å². The summed E-state index contributed by atoms with van der Waals surface area (Å²) < 4.78 is 0. The molecule has 1 aliphatic rings. The third-order valence-corrected chi connectivity index (χ3v) is 3.78. The van der Waals surface area contributed by atoms with Crippen LogP contribution in [0.5, 0.6) is 0 Å². The third kappa shape index (κ3) is 1.76. The van der Waals surface area contributed by atoms with Crippen molar-refractivity contribution < 1.29 is 4.79 Å². The number of ketones is 1. The number of aryl methyl sites for hydroxylation is 1. The first-order chi connectivity index (χ1) is 8.16. The minimum absolute atomic E-state index is 0.196. The maximum absolute atomic E-state index is 12.1. The second-order valence-corrected chi connectivity index (χ2v) is 5.26. The smallest absolute Gasteiger partial charge is 0.165 e. The largest absolute Gasteiger partial charge is 0.357 e. The molecule has 0 unspecified atom stereocenters. The average molecular weight is 268 g/mol. The Kier molecular flexibility index (Phi) is 2.64. The zero-order valence-electron chi connectivity index (χ0n) is 9.15. The number of carbonyl (C=O) groups is 1. The van der Waals surface area contributed by atoms with Gasteiger partial charge in [0.25, 0.3) is 0 Å². The van der Waals surface area contributed by atoms with E-state index in [4.69, 9.17) is 23.2 Å². The molecule has 0 saturated carbocycles. The number of carbonyl (C=O) groups excluding carboxylic acids is 1. The molecule has 1 N–H and O–H groups in total. The van der Waals surface area contributed by atoms with Crippen molar-refractivity contribution in [1.29, 1.82) is 0 Å². The summed E-state index contributed by atoms with van der Waals surface area (Å²) in [6.07, 6.45) is 3.52. The van der Waals surface area contributed by atoms with Crippen LogP contribution in [0, 0.1) is 0 Å². The van der Waals surface area contributed by atoms with Gasteiger partial charge in [-0.25, -0.2) is 0 Å². The maximum atomic E-state index is 12.1. The molecule has 0 saturated heterocycles. The van der Waals surface area contributed by atoms with Gasteiger partial charge in [0.05, 0.1) is 10.5 Å². The number of Topliss-reactive ketones (excluding diaryl/α,β-unsaturated/α-hetero) is 1. The zero-order valence-corrected chi connectivity index (χ0v) is 10.7. The monoisotopic (exact) mass is 267 g/mol. The first-order valence-corrected chi connectivity index (χ1v) is 6.45. The van der Waals surface area contributed by atoms with Crippen LogP contribution in [0.1, 0.15) is 35.3 Å². The van der Waals surface area contributed by atoms with Crippen LogP contribution in [0.3, 0.4) is 0 Å². The van der Waals surface area contributed by atoms with Gasteiger partial charge in [-0.05, 0) is 31.4 Å². The summed E-state index contributed by atoms with van der Waals surface area (Å²) in [6.45, 7) is 0. The fourth-order valence-electron chi connectivity index (χ4n) is 2.49. The number of H-pyrrole nitrogens is 1. The lowest BCUT2D eigenvalue weighted by atomic mass is 10.1. The minimum atomic E-state index is 0.196. The highest BCUT2D eigenvalue weighted by molar-refractivity contribution is 6.39. The van der Waals surface area contributed by atoms with Gasteiger partial charge in [-0.3, -0.25) is 4.79 Å². The quantitative estimate of drug-likeness (QED) is 0.706. The van der Waals surface area contributed by atoms with Crippen molar-refractivity contribution in [3.05, 3.63) is 33.4 Å². The molecule has 0 atom stereocenters. The molecule has 4 heteroatoms. The molecule has 1 aromatic heterocycles. The molecule has 0 amide bonds. The van der Waals surface area contributed by atoms with Crippen LogP contribution in [0.25, 0.3) is 10.9 Å². The SMILES string of the molecule is O=C1CCCCc2[nH]c3c(Cl)cc(Cl)cc3c21. The van der Waals surface area contributed by atoms with E-state index in [0.29, 0.717) is 16.5 Å². The van der Waals surface area contributed by atoms with Gasteiger partial charge in [0.2, 0.25) is 0 Å². The molecule has 17 heavy (non-hydrogen) atoms. The highest BCUT2D eigenvalue weighted by Gasteiger charge is 2.22. The Morgan fingerprint density at radius 1 is 1.12 bits per heavy atom. The van der Waals surface area contributed by atoms with Crippen molar-refractivity contribution in [2.45, 2.75) is 25.7 Å². The molecule has 1 heterocycles. The van der Waals surface area contributed by atoms with E-state index in [1.54, 1.807) is 6.07 Å². The summed E-state index contributed by atoms with van der Waals surface area (Å²) in [5.41, 5.74) is 2.63. The van der Waals surface area contributed by atoms with Gasteiger partial charge in [0, 0.05) is 28.1 Å². The number of hydrogen-bond acceptors (Lipinski definition) is 1. The molecule has 2 aromatic rings. The van der Waals surface area contributed by atoms with E-state index in [9.17, 15) is 4.79 Å². The van der Waals surface area contributed by atoms with E-state index >= 15 is 0 Å². The lowest BCUT2D eigenvalue weighted by Crippen LogP contribution is -1.97. The van der Waals surface area contributed by atoms with Crippen LogP contribution < -0.4 is 0 Å². The standard InChI is InChI=1S/C13H11Cl2NO/c14-7-5-8-12-10(3-1-2-4-11(12)17)16-13(8)9(15)6-7/h5-6,16H,1-4H2. The molecule has 2 nitrogen and oxygen atoms in total. The van der Waals surface area contributed by atoms with Crippen molar-refractivity contribution in [3.8, 4) is 0 Å². The number of hydrogen-bond donors (Lipinski definition) is 1. The van der Waals surface area contributed by atoms with Gasteiger partial charge in [-0.2, -0.15) is 0 Å². The van der Waals surface area contributed by atoms with E-state index in [1.165, 1.54) is 0 Å². The second-order valence-electron chi connectivity index (χ2n) is 4.42. The van der Waals surface area contributed by atoms with E-state index in [2.05, 4.69) is 4.98 Å². The molecular formula is C13H11Cl2NO. The summed E-state index contributed by atoms with van der Waals surface area (Å²) in [7, 11) is 0. The average Bonchev–Trinajstić information content (AvgIpc) is 2.53. The van der Waals surface area contributed by atoms with Gasteiger partial charge in [-0.15, -0.1) is 0 Å². The molecule has 88 valence electrons. The van der Waals surface area contributed by atoms with Crippen LogP contribution in [-0.4, -0.2) is 10.8 Å². The van der Waals surface area contributed by atoms with Crippen molar-refractivity contribution in [2.75, 3.05) is 0 Å². The van der Waals surface area contributed by atoms with Crippen LogP contribution in [0.15, 0.2) is 12.1 Å². The third-order valence-electron chi connectivity index (χ3n) is 3.26. The Labute approximate surface area is 109 Å². The van der Waals surface area contributed by atoms with E-state index in [-0.39, 0.29) is 5.78 Å². The molecule has 1 aliphatic carbocycles. The van der Waals surface area contributed by atoms with Crippen molar-refractivity contribution in [3.63, 3.8) is 0 Å². The Morgan fingerprint density at radius 2 is 1.88 bits per heavy atom. The highest BCUT2D eigenvalue weighted by Crippen LogP contribution is 2.34. The molecule has 0 radical (unpaired) electrons. The summed E-state index contributed by atoms with van der Waals surface area (Å²) in [5, 5.41) is 2.01. The predicted octanol–water partition coefficient (Wildman–Crippen LogP) is 4.38. The number of aromatic nitrogens is 1. The van der Waals surface area contributed by atoms with E-state index in [1.807, 2.05) is 6.07 Å². The van der Waals surface area contributed by atoms with Gasteiger partial charge >= 0.3 is 0 Å². The van der Waals surface area contributed by atoms with Gasteiger partial charge in [0.15, 0.2) is 5.78 Å². The number of aromatic amines is 1. The molecule has 0 spiro atoms. The van der Waals surface area contributed by atoms with Crippen molar-refractivity contribution >= 4 is 39.9 Å². The van der Waals surface area contributed by atoms with Crippen LogP contribution in [-0.2, 0) is 6.42 Å². The first kappa shape index (κ1) is 11.1. The molecule has 1 aromatic carbocycles. The Morgan fingerprint density at radius 3 is 2.71 bits per heavy atom. The molecule has 3 rings (SSSR count). The topological polar surface area (TPSA) is 32.9 Å². The number of rotatable bonds is 0. The molecular weight excluding hydrogens is 257 g/mol. The normalized spacial score (nSPS) is 16.0. The second kappa shape index (κ2) is 4.04. The number of benzene rings is 1. The Bertz CT molecular complexity index is 615. The maximum Gasteiger partial charge on any atom is 0.165 e. The lowest BCUT2D eigenvalue weighted by Gasteiger charge is -1.99. The summed E-state index contributed by atoms with van der Waals surface area (Å²) in [5.74, 6) is 0.196. The summed E-state index contributed by atoms with van der Waals surface area (Å²) in [6, 6.07) is 3.52. The number of nitrogens with one attached hydrogen (secondary N) is 1. The number of halogens is 2. The zero-order chi connectivity index (χ0) is 12.0. The van der Waals surface area contributed by atoms with Crippen LogP contribution in [0.4, 0.5) is 0 Å². The van der Waals surface area contributed by atoms with Crippen molar-refractivity contribution in [1.82, 2.24) is 4.98 Å². The number of fused-ring (bicyclic) bond motifs is 3. The molecule has 0 aliphatic heterocycles.